The smallest absolute Gasteiger partial charge is 0.406 e. The lowest BCUT2D eigenvalue weighted by atomic mass is 10.1. The van der Waals surface area contributed by atoms with Crippen LogP contribution >= 0.6 is 0 Å². The number of ether oxygens (including phenoxy) is 1. The number of carbonyl (C=O) groups excluding carboxylic acids is 2. The number of carbonyl (C=O) groups is 2. The molecular weight excluding hydrogens is 299 g/mol. The molecule has 0 spiro atoms. The highest BCUT2D eigenvalue weighted by atomic mass is 19.4. The molecule has 1 N–H and O–H groups in total. The Morgan fingerprint density at radius 3 is 2.05 bits per heavy atom. The van der Waals surface area contributed by atoms with E-state index in [0.29, 0.717) is 0 Å². The normalized spacial score (nSPS) is 10.9. The molecule has 2 rings (SSSR count). The van der Waals surface area contributed by atoms with Gasteiger partial charge in [0.1, 0.15) is 5.75 Å². The molecule has 0 aliphatic heterocycles. The zero-order valence-electron chi connectivity index (χ0n) is 11.1. The molecule has 114 valence electrons. The molecule has 0 aliphatic rings. The number of benzene rings is 2. The maximum atomic E-state index is 12.0. The molecule has 0 saturated heterocycles. The van der Waals surface area contributed by atoms with Crippen LogP contribution in [0.15, 0.2) is 54.6 Å². The predicted molar refractivity (Wildman–Crippen MR) is 72.5 cm³/mol. The van der Waals surface area contributed by atoms with Crippen LogP contribution in [-0.4, -0.2) is 18.1 Å². The number of amides is 1. The average molecular weight is 309 g/mol. The van der Waals surface area contributed by atoms with Crippen molar-refractivity contribution in [3.8, 4) is 5.75 Å². The fourth-order valence-electron chi connectivity index (χ4n) is 1.65. The standard InChI is InChI=1S/C15H10F3NO3/c16-15(17,18)22-12-8-6-11(7-9-12)19-14(21)13(20)10-4-2-1-3-5-10/h1-9H,(H,19,21). The number of ketones is 1. The third-order valence-electron chi connectivity index (χ3n) is 2.59. The van der Waals surface area contributed by atoms with Crippen molar-refractivity contribution < 1.29 is 27.5 Å². The first-order chi connectivity index (χ1) is 10.3. The molecule has 2 aromatic rings. The summed E-state index contributed by atoms with van der Waals surface area (Å²) in [6.45, 7) is 0. The summed E-state index contributed by atoms with van der Waals surface area (Å²) in [5, 5.41) is 2.30. The van der Waals surface area contributed by atoms with E-state index in [4.69, 9.17) is 0 Å². The lowest BCUT2D eigenvalue weighted by Gasteiger charge is -2.09. The van der Waals surface area contributed by atoms with E-state index in [9.17, 15) is 22.8 Å². The van der Waals surface area contributed by atoms with E-state index in [1.807, 2.05) is 0 Å². The van der Waals surface area contributed by atoms with E-state index < -0.39 is 23.8 Å². The van der Waals surface area contributed by atoms with E-state index in [1.54, 1.807) is 18.2 Å². The highest BCUT2D eigenvalue weighted by molar-refractivity contribution is 6.46. The Labute approximate surface area is 123 Å². The number of rotatable bonds is 4. The lowest BCUT2D eigenvalue weighted by Crippen LogP contribution is -2.22. The number of hydrogen-bond donors (Lipinski definition) is 1. The van der Waals surface area contributed by atoms with Crippen molar-refractivity contribution in [3.05, 3.63) is 60.2 Å². The van der Waals surface area contributed by atoms with Crippen LogP contribution in [0.4, 0.5) is 18.9 Å². The van der Waals surface area contributed by atoms with Crippen LogP contribution in [0.1, 0.15) is 10.4 Å². The van der Waals surface area contributed by atoms with E-state index >= 15 is 0 Å². The summed E-state index contributed by atoms with van der Waals surface area (Å²) in [7, 11) is 0. The Kier molecular flexibility index (Phi) is 4.45. The second-order valence-electron chi connectivity index (χ2n) is 4.22. The van der Waals surface area contributed by atoms with Gasteiger partial charge in [-0.15, -0.1) is 13.2 Å². The Morgan fingerprint density at radius 1 is 0.909 bits per heavy atom. The first-order valence-electron chi connectivity index (χ1n) is 6.12. The molecule has 0 aromatic heterocycles. The zero-order valence-corrected chi connectivity index (χ0v) is 11.1. The molecule has 0 unspecified atom stereocenters. The molecule has 0 saturated carbocycles. The second kappa shape index (κ2) is 6.30. The molecular formula is C15H10F3NO3. The van der Waals surface area contributed by atoms with E-state index in [-0.39, 0.29) is 11.3 Å². The van der Waals surface area contributed by atoms with Gasteiger partial charge >= 0.3 is 6.36 Å². The van der Waals surface area contributed by atoms with Crippen molar-refractivity contribution in [2.45, 2.75) is 6.36 Å². The van der Waals surface area contributed by atoms with Gasteiger partial charge in [0.05, 0.1) is 0 Å². The van der Waals surface area contributed by atoms with Crippen molar-refractivity contribution in [3.63, 3.8) is 0 Å². The molecule has 0 bridgehead atoms. The fourth-order valence-corrected chi connectivity index (χ4v) is 1.65. The van der Waals surface area contributed by atoms with Crippen LogP contribution in [0.25, 0.3) is 0 Å². The van der Waals surface area contributed by atoms with Gasteiger partial charge in [-0.05, 0) is 24.3 Å². The molecule has 7 heteroatoms. The van der Waals surface area contributed by atoms with Gasteiger partial charge in [-0.2, -0.15) is 0 Å². The minimum absolute atomic E-state index is 0.184. The average Bonchev–Trinajstić information content (AvgIpc) is 2.48. The van der Waals surface area contributed by atoms with Crippen LogP contribution in [-0.2, 0) is 4.79 Å². The van der Waals surface area contributed by atoms with Crippen molar-refractivity contribution in [2.24, 2.45) is 0 Å². The first kappa shape index (κ1) is 15.6. The second-order valence-corrected chi connectivity index (χ2v) is 4.22. The number of alkyl halides is 3. The zero-order chi connectivity index (χ0) is 16.2. The van der Waals surface area contributed by atoms with Crippen molar-refractivity contribution in [1.82, 2.24) is 0 Å². The van der Waals surface area contributed by atoms with Crippen LogP contribution in [0.5, 0.6) is 5.75 Å². The van der Waals surface area contributed by atoms with Gasteiger partial charge < -0.3 is 10.1 Å². The van der Waals surface area contributed by atoms with E-state index in [0.717, 1.165) is 12.1 Å². The summed E-state index contributed by atoms with van der Waals surface area (Å²) < 4.78 is 39.7. The minimum Gasteiger partial charge on any atom is -0.406 e. The molecule has 22 heavy (non-hydrogen) atoms. The number of anilines is 1. The molecule has 4 nitrogen and oxygen atoms in total. The molecule has 2 aromatic carbocycles. The highest BCUT2D eigenvalue weighted by Crippen LogP contribution is 2.23. The maximum Gasteiger partial charge on any atom is 0.573 e. The van der Waals surface area contributed by atoms with Crippen LogP contribution in [0.3, 0.4) is 0 Å². The number of halogens is 3. The summed E-state index contributed by atoms with van der Waals surface area (Å²) in [5.74, 6) is -2.04. The topological polar surface area (TPSA) is 55.4 Å². The molecule has 0 radical (unpaired) electrons. The number of hydrogen-bond acceptors (Lipinski definition) is 3. The summed E-state index contributed by atoms with van der Waals surface area (Å²) >= 11 is 0. The molecule has 0 atom stereocenters. The minimum atomic E-state index is -4.78. The Hall–Kier alpha value is -2.83. The molecule has 1 amide bonds. The summed E-state index contributed by atoms with van der Waals surface area (Å²) in [6, 6.07) is 12.4. The van der Waals surface area contributed by atoms with Gasteiger partial charge in [-0.25, -0.2) is 0 Å². The van der Waals surface area contributed by atoms with Gasteiger partial charge in [0.25, 0.3) is 11.7 Å². The van der Waals surface area contributed by atoms with Gasteiger partial charge in [-0.3, -0.25) is 9.59 Å². The quantitative estimate of drug-likeness (QED) is 0.695. The monoisotopic (exact) mass is 309 g/mol. The first-order valence-corrected chi connectivity index (χ1v) is 6.12. The van der Waals surface area contributed by atoms with Crippen LogP contribution in [0, 0.1) is 0 Å². The Morgan fingerprint density at radius 2 is 1.50 bits per heavy atom. The molecule has 0 aliphatic carbocycles. The summed E-state index contributed by atoms with van der Waals surface area (Å²) in [5.41, 5.74) is 0.404. The lowest BCUT2D eigenvalue weighted by molar-refractivity contribution is -0.274. The third kappa shape index (κ3) is 4.34. The van der Waals surface area contributed by atoms with Crippen LogP contribution in [0.2, 0.25) is 0 Å². The van der Waals surface area contributed by atoms with Crippen molar-refractivity contribution in [2.75, 3.05) is 5.32 Å². The van der Waals surface area contributed by atoms with Gasteiger partial charge in [-0.1, -0.05) is 30.3 Å². The highest BCUT2D eigenvalue weighted by Gasteiger charge is 2.31. The van der Waals surface area contributed by atoms with Crippen molar-refractivity contribution >= 4 is 17.4 Å². The predicted octanol–water partition coefficient (Wildman–Crippen LogP) is 3.41. The third-order valence-corrected chi connectivity index (χ3v) is 2.59. The Balaban J connectivity index is 2.02. The van der Waals surface area contributed by atoms with Gasteiger partial charge in [0.2, 0.25) is 0 Å². The van der Waals surface area contributed by atoms with Crippen molar-refractivity contribution in [1.29, 1.82) is 0 Å². The largest absolute Gasteiger partial charge is 0.573 e. The number of nitrogens with one attached hydrogen (secondary N) is 1. The van der Waals surface area contributed by atoms with E-state index in [2.05, 4.69) is 10.1 Å². The number of Topliss-reactive ketones (excluding diaryl/α,β-unsaturated/α-hetero) is 1. The van der Waals surface area contributed by atoms with Crippen LogP contribution < -0.4 is 10.1 Å². The Bertz CT molecular complexity index is 667. The SMILES string of the molecule is O=C(Nc1ccc(OC(F)(F)F)cc1)C(=O)c1ccccc1. The maximum absolute atomic E-state index is 12.0. The molecule has 0 fully saturated rings. The summed E-state index contributed by atoms with van der Waals surface area (Å²) in [6.07, 6.45) is -4.78. The molecule has 0 heterocycles. The van der Waals surface area contributed by atoms with E-state index in [1.165, 1.54) is 24.3 Å². The summed E-state index contributed by atoms with van der Waals surface area (Å²) in [4.78, 5) is 23.6. The van der Waals surface area contributed by atoms with Gasteiger partial charge in [0, 0.05) is 11.3 Å². The fraction of sp³-hybridized carbons (Fsp3) is 0.0667. The van der Waals surface area contributed by atoms with Gasteiger partial charge in [0.15, 0.2) is 0 Å².